The van der Waals surface area contributed by atoms with E-state index in [0.717, 1.165) is 14.5 Å². The lowest BCUT2D eigenvalue weighted by molar-refractivity contribution is -0.135. The number of carbonyl (C=O) groups excluding carboxylic acids is 1. The molecule has 0 bridgehead atoms. The Bertz CT molecular complexity index is 454. The molecule has 98 valence electrons. The number of carboxylic acid groups (broad SMARTS) is 1. The molecule has 18 heavy (non-hydrogen) atoms. The van der Waals surface area contributed by atoms with Crippen LogP contribution in [0.15, 0.2) is 21.1 Å². The van der Waals surface area contributed by atoms with Gasteiger partial charge in [0.15, 0.2) is 0 Å². The van der Waals surface area contributed by atoms with Gasteiger partial charge in [-0.1, -0.05) is 0 Å². The van der Waals surface area contributed by atoms with Crippen molar-refractivity contribution in [1.29, 1.82) is 0 Å². The number of benzene rings is 1. The van der Waals surface area contributed by atoms with E-state index in [1.807, 2.05) is 19.1 Å². The summed E-state index contributed by atoms with van der Waals surface area (Å²) in [4.78, 5) is 21.9. The van der Waals surface area contributed by atoms with Crippen molar-refractivity contribution in [3.05, 3.63) is 26.6 Å². The molecule has 1 aromatic carbocycles. The normalized spacial score (nSPS) is 10.2. The molecular formula is C11H12Br2N2O3. The first-order valence-corrected chi connectivity index (χ1v) is 6.66. The Hall–Kier alpha value is -0.920. The minimum Gasteiger partial charge on any atom is -0.480 e. The number of anilines is 1. The number of carboxylic acids is 1. The lowest BCUT2D eigenvalue weighted by Crippen LogP contribution is -2.32. The van der Waals surface area contributed by atoms with Crippen LogP contribution in [0.5, 0.6) is 0 Å². The second kappa shape index (κ2) is 6.86. The molecule has 1 amide bonds. The van der Waals surface area contributed by atoms with Gasteiger partial charge < -0.3 is 10.4 Å². The van der Waals surface area contributed by atoms with Crippen LogP contribution in [0.2, 0.25) is 0 Å². The van der Waals surface area contributed by atoms with Crippen LogP contribution in [0.4, 0.5) is 5.69 Å². The summed E-state index contributed by atoms with van der Waals surface area (Å²) in [5.41, 5.74) is 1.68. The number of nitrogens with one attached hydrogen (secondary N) is 2. The Kier molecular flexibility index (Phi) is 5.77. The molecule has 0 aliphatic heterocycles. The Morgan fingerprint density at radius 2 is 1.78 bits per heavy atom. The first-order valence-electron chi connectivity index (χ1n) is 5.08. The molecule has 1 rings (SSSR count). The van der Waals surface area contributed by atoms with E-state index in [4.69, 9.17) is 5.11 Å². The molecule has 0 aliphatic carbocycles. The van der Waals surface area contributed by atoms with E-state index in [9.17, 15) is 9.59 Å². The third kappa shape index (κ3) is 4.75. The van der Waals surface area contributed by atoms with Gasteiger partial charge in [-0.15, -0.1) is 0 Å². The van der Waals surface area contributed by atoms with Gasteiger partial charge in [0.1, 0.15) is 0 Å². The molecule has 0 fully saturated rings. The van der Waals surface area contributed by atoms with Crippen LogP contribution < -0.4 is 10.6 Å². The van der Waals surface area contributed by atoms with E-state index in [-0.39, 0.29) is 19.0 Å². The predicted molar refractivity (Wildman–Crippen MR) is 75.7 cm³/mol. The molecule has 0 spiro atoms. The second-order valence-electron chi connectivity index (χ2n) is 3.65. The summed E-state index contributed by atoms with van der Waals surface area (Å²) in [6.45, 7) is 1.64. The number of aliphatic carboxylic acids is 1. The Balaban J connectivity index is 2.62. The van der Waals surface area contributed by atoms with Crippen LogP contribution in [0.1, 0.15) is 5.56 Å². The minimum atomic E-state index is -1.000. The highest BCUT2D eigenvalue weighted by Gasteiger charge is 2.10. The Labute approximate surface area is 121 Å². The zero-order valence-electron chi connectivity index (χ0n) is 9.59. The van der Waals surface area contributed by atoms with Crippen LogP contribution in [-0.2, 0) is 9.59 Å². The number of carbonyl (C=O) groups is 2. The highest BCUT2D eigenvalue weighted by molar-refractivity contribution is 9.11. The summed E-state index contributed by atoms with van der Waals surface area (Å²) in [6.07, 6.45) is 0. The summed E-state index contributed by atoms with van der Waals surface area (Å²) in [5.74, 6) is -1.30. The van der Waals surface area contributed by atoms with E-state index in [1.165, 1.54) is 0 Å². The fraction of sp³-hybridized carbons (Fsp3) is 0.273. The molecule has 0 unspecified atom stereocenters. The third-order valence-corrected chi connectivity index (χ3v) is 3.26. The molecule has 7 heteroatoms. The molecule has 5 nitrogen and oxygen atoms in total. The van der Waals surface area contributed by atoms with Crippen molar-refractivity contribution >= 4 is 49.4 Å². The van der Waals surface area contributed by atoms with Crippen LogP contribution in [0.3, 0.4) is 0 Å². The largest absolute Gasteiger partial charge is 0.480 e. The van der Waals surface area contributed by atoms with E-state index in [0.29, 0.717) is 5.69 Å². The molecule has 1 aromatic rings. The smallest absolute Gasteiger partial charge is 0.317 e. The van der Waals surface area contributed by atoms with Crippen molar-refractivity contribution in [2.45, 2.75) is 6.92 Å². The van der Waals surface area contributed by atoms with E-state index < -0.39 is 5.97 Å². The number of halogens is 2. The third-order valence-electron chi connectivity index (χ3n) is 2.01. The number of rotatable bonds is 5. The van der Waals surface area contributed by atoms with Crippen LogP contribution >= 0.6 is 31.9 Å². The van der Waals surface area contributed by atoms with Gasteiger partial charge in [-0.05, 0) is 56.5 Å². The van der Waals surface area contributed by atoms with E-state index >= 15 is 0 Å². The zero-order chi connectivity index (χ0) is 13.7. The van der Waals surface area contributed by atoms with Gasteiger partial charge in [0, 0.05) is 8.95 Å². The maximum Gasteiger partial charge on any atom is 0.317 e. The van der Waals surface area contributed by atoms with Crippen molar-refractivity contribution in [3.63, 3.8) is 0 Å². The number of amides is 1. The molecule has 0 saturated carbocycles. The predicted octanol–water partition coefficient (Wildman–Crippen LogP) is 2.13. The number of hydrogen-bond donors (Lipinski definition) is 3. The van der Waals surface area contributed by atoms with E-state index in [2.05, 4.69) is 42.5 Å². The maximum atomic E-state index is 11.6. The average Bonchev–Trinajstić information content (AvgIpc) is 2.22. The first-order chi connectivity index (χ1) is 8.40. The van der Waals surface area contributed by atoms with Gasteiger partial charge in [0.25, 0.3) is 0 Å². The molecule has 0 atom stereocenters. The molecule has 0 radical (unpaired) electrons. The van der Waals surface area contributed by atoms with Crippen LogP contribution in [0, 0.1) is 6.92 Å². The van der Waals surface area contributed by atoms with Gasteiger partial charge in [0.05, 0.1) is 18.8 Å². The average molecular weight is 380 g/mol. The molecule has 0 saturated heterocycles. The maximum absolute atomic E-state index is 11.6. The van der Waals surface area contributed by atoms with Gasteiger partial charge in [-0.3, -0.25) is 14.9 Å². The van der Waals surface area contributed by atoms with Crippen molar-refractivity contribution in [2.24, 2.45) is 0 Å². The monoisotopic (exact) mass is 378 g/mol. The lowest BCUT2D eigenvalue weighted by Gasteiger charge is -2.10. The molecule has 3 N–H and O–H groups in total. The first kappa shape index (κ1) is 15.1. The van der Waals surface area contributed by atoms with Crippen LogP contribution in [0.25, 0.3) is 0 Å². The van der Waals surface area contributed by atoms with Crippen molar-refractivity contribution in [3.8, 4) is 0 Å². The fourth-order valence-electron chi connectivity index (χ4n) is 1.29. The van der Waals surface area contributed by atoms with Crippen LogP contribution in [-0.4, -0.2) is 30.1 Å². The highest BCUT2D eigenvalue weighted by Crippen LogP contribution is 2.32. The molecular weight excluding hydrogens is 368 g/mol. The summed E-state index contributed by atoms with van der Waals surface area (Å²) in [5, 5.41) is 13.6. The van der Waals surface area contributed by atoms with Crippen molar-refractivity contribution in [1.82, 2.24) is 5.32 Å². The fourth-order valence-corrected chi connectivity index (χ4v) is 2.90. The Morgan fingerprint density at radius 1 is 1.22 bits per heavy atom. The van der Waals surface area contributed by atoms with Gasteiger partial charge >= 0.3 is 5.97 Å². The minimum absolute atomic E-state index is 0.0565. The molecule has 0 heterocycles. The standard InChI is InChI=1S/C11H12Br2N2O3/c1-6-2-7(12)11(8(13)3-6)15-9(16)4-14-5-10(17)18/h2-3,14H,4-5H2,1H3,(H,15,16)(H,17,18). The molecule has 0 aromatic heterocycles. The number of hydrogen-bond acceptors (Lipinski definition) is 3. The van der Waals surface area contributed by atoms with Gasteiger partial charge in [-0.2, -0.15) is 0 Å². The summed E-state index contributed by atoms with van der Waals surface area (Å²) in [7, 11) is 0. The summed E-state index contributed by atoms with van der Waals surface area (Å²) in [6, 6.07) is 3.76. The number of aryl methyl sites for hydroxylation is 1. The summed E-state index contributed by atoms with van der Waals surface area (Å²) < 4.78 is 1.53. The van der Waals surface area contributed by atoms with Crippen molar-refractivity contribution in [2.75, 3.05) is 18.4 Å². The van der Waals surface area contributed by atoms with Crippen molar-refractivity contribution < 1.29 is 14.7 Å². The van der Waals surface area contributed by atoms with Gasteiger partial charge in [-0.25, -0.2) is 0 Å². The van der Waals surface area contributed by atoms with Gasteiger partial charge in [0.2, 0.25) is 5.91 Å². The second-order valence-corrected chi connectivity index (χ2v) is 5.36. The lowest BCUT2D eigenvalue weighted by atomic mass is 10.2. The quantitative estimate of drug-likeness (QED) is 0.732. The topological polar surface area (TPSA) is 78.4 Å². The highest BCUT2D eigenvalue weighted by atomic mass is 79.9. The van der Waals surface area contributed by atoms with E-state index in [1.54, 1.807) is 0 Å². The Morgan fingerprint density at radius 3 is 2.28 bits per heavy atom. The SMILES string of the molecule is Cc1cc(Br)c(NC(=O)CNCC(=O)O)c(Br)c1. The summed E-state index contributed by atoms with van der Waals surface area (Å²) >= 11 is 6.72. The zero-order valence-corrected chi connectivity index (χ0v) is 12.8. The molecule has 0 aliphatic rings.